The number of nitrogens with zero attached hydrogens (tertiary/aromatic N) is 1. The molecule has 3 aromatic rings. The molecule has 0 spiro atoms. The number of fused-ring (bicyclic) bond motifs is 1. The Labute approximate surface area is 140 Å². The average molecular weight is 373 g/mol. The summed E-state index contributed by atoms with van der Waals surface area (Å²) in [5, 5.41) is 3.04. The molecule has 0 fully saturated rings. The quantitative estimate of drug-likeness (QED) is 0.750. The number of carbonyl (C=O) groups excluding carboxylic acids is 1. The third kappa shape index (κ3) is 2.59. The molecule has 1 aliphatic carbocycles. The summed E-state index contributed by atoms with van der Waals surface area (Å²) in [7, 11) is 0. The minimum atomic E-state index is -0.258. The zero-order chi connectivity index (χ0) is 15.8. The zero-order valence-electron chi connectivity index (χ0n) is 12.1. The van der Waals surface area contributed by atoms with E-state index in [2.05, 4.69) is 32.3 Å². The molecule has 116 valence electrons. The molecule has 0 saturated heterocycles. The van der Waals surface area contributed by atoms with E-state index < -0.39 is 0 Å². The van der Waals surface area contributed by atoms with Crippen LogP contribution in [0.5, 0.6) is 0 Å². The molecule has 1 N–H and O–H groups in total. The van der Waals surface area contributed by atoms with Crippen molar-refractivity contribution >= 4 is 21.8 Å². The minimum absolute atomic E-state index is 0.00764. The average Bonchev–Trinajstić information content (AvgIpc) is 3.27. The first-order chi connectivity index (χ1) is 11.2. The van der Waals surface area contributed by atoms with Crippen LogP contribution in [0.4, 0.5) is 0 Å². The molecule has 1 unspecified atom stereocenters. The predicted octanol–water partition coefficient (Wildman–Crippen LogP) is 4.11. The van der Waals surface area contributed by atoms with Crippen molar-refractivity contribution < 1.29 is 13.6 Å². The molecule has 2 heterocycles. The first-order valence-electron chi connectivity index (χ1n) is 7.29. The molecule has 0 aliphatic heterocycles. The van der Waals surface area contributed by atoms with Gasteiger partial charge in [0.1, 0.15) is 0 Å². The second-order valence-electron chi connectivity index (χ2n) is 5.42. The topological polar surface area (TPSA) is 68.3 Å². The van der Waals surface area contributed by atoms with E-state index in [-0.39, 0.29) is 17.6 Å². The smallest absolute Gasteiger partial charge is 0.274 e. The largest absolute Gasteiger partial charge is 0.461 e. The molecule has 1 amide bonds. The molecule has 1 atom stereocenters. The molecule has 4 rings (SSSR count). The van der Waals surface area contributed by atoms with Gasteiger partial charge in [-0.25, -0.2) is 4.98 Å². The summed E-state index contributed by atoms with van der Waals surface area (Å²) in [6, 6.07) is 9.61. The Hall–Kier alpha value is -2.34. The van der Waals surface area contributed by atoms with Gasteiger partial charge in [-0.3, -0.25) is 4.79 Å². The molecule has 0 bridgehead atoms. The van der Waals surface area contributed by atoms with Crippen LogP contribution in [0.1, 0.15) is 34.1 Å². The number of hydrogen-bond acceptors (Lipinski definition) is 4. The number of oxazole rings is 1. The van der Waals surface area contributed by atoms with Gasteiger partial charge in [0.25, 0.3) is 5.91 Å². The summed E-state index contributed by atoms with van der Waals surface area (Å²) in [6.07, 6.45) is 4.62. The summed E-state index contributed by atoms with van der Waals surface area (Å²) in [5.74, 6) is 0.579. The van der Waals surface area contributed by atoms with Crippen LogP contribution >= 0.6 is 15.9 Å². The lowest BCUT2D eigenvalue weighted by Crippen LogP contribution is -2.27. The lowest BCUT2D eigenvalue weighted by atomic mass is 10.1. The maximum absolute atomic E-state index is 12.6. The number of furan rings is 1. The van der Waals surface area contributed by atoms with Crippen molar-refractivity contribution in [1.29, 1.82) is 0 Å². The Morgan fingerprint density at radius 3 is 3.04 bits per heavy atom. The highest BCUT2D eigenvalue weighted by molar-refractivity contribution is 9.10. The molecule has 0 saturated carbocycles. The highest BCUT2D eigenvalue weighted by Gasteiger charge is 2.27. The van der Waals surface area contributed by atoms with Crippen LogP contribution in [-0.4, -0.2) is 10.9 Å². The van der Waals surface area contributed by atoms with Crippen molar-refractivity contribution in [3.8, 4) is 11.5 Å². The van der Waals surface area contributed by atoms with Gasteiger partial charge in [0.2, 0.25) is 5.76 Å². The molecule has 0 radical (unpaired) electrons. The van der Waals surface area contributed by atoms with Crippen LogP contribution in [0.25, 0.3) is 11.5 Å². The summed E-state index contributed by atoms with van der Waals surface area (Å²) in [5.41, 5.74) is 2.66. The molecule has 2 aromatic heterocycles. The summed E-state index contributed by atoms with van der Waals surface area (Å²) in [6.45, 7) is 0. The van der Waals surface area contributed by atoms with Crippen LogP contribution in [0.15, 0.2) is 56.3 Å². The van der Waals surface area contributed by atoms with E-state index in [1.165, 1.54) is 18.2 Å². The SMILES string of the molecule is O=C(NC1CCc2cc(Br)ccc21)c1ncoc1-c1ccco1. The van der Waals surface area contributed by atoms with E-state index in [0.29, 0.717) is 11.5 Å². The Balaban J connectivity index is 1.58. The van der Waals surface area contributed by atoms with E-state index >= 15 is 0 Å². The highest BCUT2D eigenvalue weighted by Crippen LogP contribution is 2.33. The monoisotopic (exact) mass is 372 g/mol. The fourth-order valence-corrected chi connectivity index (χ4v) is 3.36. The molecule has 1 aromatic carbocycles. The van der Waals surface area contributed by atoms with Crippen molar-refractivity contribution in [3.05, 3.63) is 64.3 Å². The van der Waals surface area contributed by atoms with Crippen molar-refractivity contribution in [2.75, 3.05) is 0 Å². The van der Waals surface area contributed by atoms with Gasteiger partial charge in [0.15, 0.2) is 17.8 Å². The van der Waals surface area contributed by atoms with Gasteiger partial charge in [-0.05, 0) is 48.2 Å². The molecule has 5 nitrogen and oxygen atoms in total. The Morgan fingerprint density at radius 2 is 2.22 bits per heavy atom. The maximum atomic E-state index is 12.6. The van der Waals surface area contributed by atoms with Gasteiger partial charge in [0, 0.05) is 4.47 Å². The van der Waals surface area contributed by atoms with Gasteiger partial charge in [-0.1, -0.05) is 22.0 Å². The second-order valence-corrected chi connectivity index (χ2v) is 6.33. The predicted molar refractivity (Wildman–Crippen MR) is 86.9 cm³/mol. The maximum Gasteiger partial charge on any atom is 0.274 e. The number of rotatable bonds is 3. The number of benzene rings is 1. The minimum Gasteiger partial charge on any atom is -0.461 e. The third-order valence-electron chi connectivity index (χ3n) is 4.02. The van der Waals surface area contributed by atoms with Gasteiger partial charge in [-0.2, -0.15) is 0 Å². The summed E-state index contributed by atoms with van der Waals surface area (Å²) < 4.78 is 11.7. The number of aromatic nitrogens is 1. The zero-order valence-corrected chi connectivity index (χ0v) is 13.7. The molecular formula is C17H13BrN2O3. The van der Waals surface area contributed by atoms with Crippen molar-refractivity contribution in [2.45, 2.75) is 18.9 Å². The first-order valence-corrected chi connectivity index (χ1v) is 8.08. The van der Waals surface area contributed by atoms with E-state index in [9.17, 15) is 4.79 Å². The molecule has 23 heavy (non-hydrogen) atoms. The number of halogens is 1. The van der Waals surface area contributed by atoms with E-state index in [1.807, 2.05) is 12.1 Å². The van der Waals surface area contributed by atoms with E-state index in [4.69, 9.17) is 8.83 Å². The lowest BCUT2D eigenvalue weighted by Gasteiger charge is -2.13. The number of hydrogen-bond donors (Lipinski definition) is 1. The number of nitrogens with one attached hydrogen (secondary N) is 1. The van der Waals surface area contributed by atoms with E-state index in [0.717, 1.165) is 22.9 Å². The van der Waals surface area contributed by atoms with Gasteiger partial charge >= 0.3 is 0 Å². The van der Waals surface area contributed by atoms with Crippen LogP contribution in [-0.2, 0) is 6.42 Å². The van der Waals surface area contributed by atoms with Crippen molar-refractivity contribution in [1.82, 2.24) is 10.3 Å². The lowest BCUT2D eigenvalue weighted by molar-refractivity contribution is 0.0932. The summed E-state index contributed by atoms with van der Waals surface area (Å²) in [4.78, 5) is 16.6. The Bertz CT molecular complexity index is 855. The van der Waals surface area contributed by atoms with Gasteiger partial charge in [0.05, 0.1) is 12.3 Å². The molecular weight excluding hydrogens is 360 g/mol. The van der Waals surface area contributed by atoms with Crippen molar-refractivity contribution in [3.63, 3.8) is 0 Å². The number of aryl methyl sites for hydroxylation is 1. The van der Waals surface area contributed by atoms with Crippen LogP contribution in [0, 0.1) is 0 Å². The van der Waals surface area contributed by atoms with Gasteiger partial charge < -0.3 is 14.2 Å². The van der Waals surface area contributed by atoms with Crippen LogP contribution in [0.2, 0.25) is 0 Å². The van der Waals surface area contributed by atoms with Crippen LogP contribution < -0.4 is 5.32 Å². The number of carbonyl (C=O) groups is 1. The second kappa shape index (κ2) is 5.70. The Morgan fingerprint density at radius 1 is 1.30 bits per heavy atom. The molecule has 6 heteroatoms. The van der Waals surface area contributed by atoms with Gasteiger partial charge in [-0.15, -0.1) is 0 Å². The first kappa shape index (κ1) is 14.3. The Kier molecular flexibility index (Phi) is 3.53. The highest BCUT2D eigenvalue weighted by atomic mass is 79.9. The fourth-order valence-electron chi connectivity index (χ4n) is 2.95. The standard InChI is InChI=1S/C17H13BrN2O3/c18-11-4-5-12-10(8-11)3-6-13(12)20-17(21)15-16(23-9-19-15)14-2-1-7-22-14/h1-2,4-5,7-9,13H,3,6H2,(H,20,21). The molecule has 1 aliphatic rings. The summed E-state index contributed by atoms with van der Waals surface area (Å²) >= 11 is 3.48. The normalized spacial score (nSPS) is 16.3. The number of amides is 1. The third-order valence-corrected chi connectivity index (χ3v) is 4.51. The van der Waals surface area contributed by atoms with E-state index in [1.54, 1.807) is 12.1 Å². The van der Waals surface area contributed by atoms with Crippen LogP contribution in [0.3, 0.4) is 0 Å². The van der Waals surface area contributed by atoms with Crippen molar-refractivity contribution in [2.24, 2.45) is 0 Å². The fraction of sp³-hybridized carbons (Fsp3) is 0.176.